The van der Waals surface area contributed by atoms with Gasteiger partial charge in [-0.1, -0.05) is 19.1 Å². The summed E-state index contributed by atoms with van der Waals surface area (Å²) in [6.45, 7) is 2.47. The van der Waals surface area contributed by atoms with Crippen LogP contribution in [0.4, 0.5) is 4.39 Å². The van der Waals surface area contributed by atoms with Gasteiger partial charge < -0.3 is 19.7 Å². The lowest BCUT2D eigenvalue weighted by Crippen LogP contribution is -2.48. The Balaban J connectivity index is 1.98. The molecule has 0 spiro atoms. The zero-order valence-corrected chi connectivity index (χ0v) is 17.7. The number of methoxy groups -OCH3 is 1. The second-order valence-corrected chi connectivity index (χ2v) is 6.81. The Morgan fingerprint density at radius 2 is 1.70 bits per heavy atom. The topological polar surface area (TPSA) is 67.9 Å². The van der Waals surface area contributed by atoms with Gasteiger partial charge in [0.15, 0.2) is 0 Å². The number of carbonyl (C=O) groups excluding carboxylic acids is 2. The minimum absolute atomic E-state index is 0.145. The quantitative estimate of drug-likeness (QED) is 0.569. The number of likely N-dealkylation sites (N-methyl/N-ethyl adjacent to an activating group) is 1. The van der Waals surface area contributed by atoms with Crippen LogP contribution in [0.1, 0.15) is 31.7 Å². The van der Waals surface area contributed by atoms with Gasteiger partial charge in [0.25, 0.3) is 0 Å². The van der Waals surface area contributed by atoms with E-state index in [0.717, 1.165) is 11.3 Å². The molecule has 0 aliphatic heterocycles. The van der Waals surface area contributed by atoms with Crippen LogP contribution < -0.4 is 14.8 Å². The van der Waals surface area contributed by atoms with E-state index >= 15 is 0 Å². The van der Waals surface area contributed by atoms with Gasteiger partial charge in [0.2, 0.25) is 11.8 Å². The van der Waals surface area contributed by atoms with Crippen molar-refractivity contribution in [1.29, 1.82) is 0 Å². The van der Waals surface area contributed by atoms with Crippen molar-refractivity contribution in [3.05, 3.63) is 59.9 Å². The zero-order chi connectivity index (χ0) is 21.9. The second kappa shape index (κ2) is 11.8. The molecule has 0 aromatic heterocycles. The highest BCUT2D eigenvalue weighted by molar-refractivity contribution is 5.87. The summed E-state index contributed by atoms with van der Waals surface area (Å²) in [6, 6.07) is 12.6. The first-order valence-corrected chi connectivity index (χ1v) is 10.0. The van der Waals surface area contributed by atoms with Gasteiger partial charge in [0, 0.05) is 20.0 Å². The van der Waals surface area contributed by atoms with Crippen LogP contribution in [-0.4, -0.2) is 43.5 Å². The van der Waals surface area contributed by atoms with Crippen LogP contribution in [0.25, 0.3) is 0 Å². The molecule has 0 saturated carbocycles. The van der Waals surface area contributed by atoms with Crippen LogP contribution >= 0.6 is 0 Å². The van der Waals surface area contributed by atoms with Gasteiger partial charge in [-0.15, -0.1) is 0 Å². The fourth-order valence-corrected chi connectivity index (χ4v) is 3.10. The van der Waals surface area contributed by atoms with Crippen molar-refractivity contribution in [1.82, 2.24) is 10.2 Å². The molecule has 0 radical (unpaired) electrons. The molecule has 0 saturated heterocycles. The molecule has 0 aliphatic rings. The maximum Gasteiger partial charge on any atom is 0.242 e. The number of ether oxygens (including phenoxy) is 2. The summed E-state index contributed by atoms with van der Waals surface area (Å²) < 4.78 is 24.0. The van der Waals surface area contributed by atoms with Gasteiger partial charge in [-0.3, -0.25) is 9.59 Å². The lowest BCUT2D eigenvalue weighted by atomic mass is 10.1. The third kappa shape index (κ3) is 6.76. The third-order valence-corrected chi connectivity index (χ3v) is 4.76. The first-order valence-electron chi connectivity index (χ1n) is 10.0. The Hall–Kier alpha value is -3.09. The van der Waals surface area contributed by atoms with E-state index in [0.29, 0.717) is 25.2 Å². The molecule has 2 rings (SSSR count). The van der Waals surface area contributed by atoms with E-state index in [1.807, 2.05) is 6.92 Å². The van der Waals surface area contributed by atoms with Crippen molar-refractivity contribution in [2.45, 2.75) is 38.8 Å². The first kappa shape index (κ1) is 23.2. The van der Waals surface area contributed by atoms with Crippen molar-refractivity contribution in [2.24, 2.45) is 0 Å². The highest BCUT2D eigenvalue weighted by atomic mass is 19.1. The van der Waals surface area contributed by atoms with Gasteiger partial charge >= 0.3 is 0 Å². The molecule has 1 atom stereocenters. The minimum Gasteiger partial charge on any atom is -0.497 e. The number of amides is 2. The van der Waals surface area contributed by atoms with Crippen LogP contribution in [0.15, 0.2) is 48.5 Å². The standard InChI is InChI=1S/C23H29FN2O4/c1-4-21(23(28)25-2)26(16-17-7-9-18(24)10-8-17)22(27)6-5-15-30-20-13-11-19(29-3)12-14-20/h7-14,21H,4-6,15-16H2,1-3H3,(H,25,28)/t21-/m1/s1. The van der Waals surface area contributed by atoms with Crippen molar-refractivity contribution < 1.29 is 23.5 Å². The number of hydrogen-bond donors (Lipinski definition) is 1. The molecular weight excluding hydrogens is 387 g/mol. The fourth-order valence-electron chi connectivity index (χ4n) is 3.10. The molecule has 0 aliphatic carbocycles. The van der Waals surface area contributed by atoms with E-state index in [9.17, 15) is 14.0 Å². The summed E-state index contributed by atoms with van der Waals surface area (Å²) in [5, 5.41) is 2.62. The van der Waals surface area contributed by atoms with Crippen molar-refractivity contribution >= 4 is 11.8 Å². The maximum absolute atomic E-state index is 13.2. The summed E-state index contributed by atoms with van der Waals surface area (Å²) in [7, 11) is 3.15. The molecule has 162 valence electrons. The first-order chi connectivity index (χ1) is 14.5. The predicted octanol–water partition coefficient (Wildman–Crippen LogP) is 3.55. The molecule has 7 heteroatoms. The summed E-state index contributed by atoms with van der Waals surface area (Å²) in [6.07, 6.45) is 1.23. The molecule has 0 fully saturated rings. The molecule has 0 unspecified atom stereocenters. The minimum atomic E-state index is -0.588. The summed E-state index contributed by atoms with van der Waals surface area (Å²) >= 11 is 0. The Labute approximate surface area is 177 Å². The van der Waals surface area contributed by atoms with E-state index in [4.69, 9.17) is 9.47 Å². The Kier molecular flexibility index (Phi) is 9.12. The molecule has 2 aromatic rings. The lowest BCUT2D eigenvalue weighted by Gasteiger charge is -2.30. The average Bonchev–Trinajstić information content (AvgIpc) is 2.77. The predicted molar refractivity (Wildman–Crippen MR) is 113 cm³/mol. The van der Waals surface area contributed by atoms with Crippen molar-refractivity contribution in [2.75, 3.05) is 20.8 Å². The van der Waals surface area contributed by atoms with Gasteiger partial charge in [-0.2, -0.15) is 0 Å². The maximum atomic E-state index is 13.2. The monoisotopic (exact) mass is 416 g/mol. The zero-order valence-electron chi connectivity index (χ0n) is 17.7. The van der Waals surface area contributed by atoms with E-state index in [2.05, 4.69) is 5.32 Å². The molecule has 1 N–H and O–H groups in total. The molecule has 6 nitrogen and oxygen atoms in total. The second-order valence-electron chi connectivity index (χ2n) is 6.81. The summed E-state index contributed by atoms with van der Waals surface area (Å²) in [5.74, 6) is 0.734. The van der Waals surface area contributed by atoms with Gasteiger partial charge in [-0.25, -0.2) is 4.39 Å². The highest BCUT2D eigenvalue weighted by Crippen LogP contribution is 2.18. The van der Waals surface area contributed by atoms with Gasteiger partial charge in [-0.05, 0) is 54.8 Å². The van der Waals surface area contributed by atoms with Crippen LogP contribution in [0.5, 0.6) is 11.5 Å². The van der Waals surface area contributed by atoms with Crippen LogP contribution in [0.2, 0.25) is 0 Å². The number of rotatable bonds is 11. The van der Waals surface area contributed by atoms with E-state index in [1.165, 1.54) is 12.1 Å². The molecule has 2 aromatic carbocycles. The molecular formula is C23H29FN2O4. The number of nitrogens with zero attached hydrogens (tertiary/aromatic N) is 1. The fraction of sp³-hybridized carbons (Fsp3) is 0.391. The molecule has 2 amide bonds. The number of halogens is 1. The smallest absolute Gasteiger partial charge is 0.242 e. The lowest BCUT2D eigenvalue weighted by molar-refractivity contribution is -0.141. The number of benzene rings is 2. The van der Waals surface area contributed by atoms with E-state index < -0.39 is 6.04 Å². The van der Waals surface area contributed by atoms with Crippen LogP contribution in [0, 0.1) is 5.82 Å². The Morgan fingerprint density at radius 1 is 1.07 bits per heavy atom. The summed E-state index contributed by atoms with van der Waals surface area (Å²) in [4.78, 5) is 26.8. The molecule has 0 heterocycles. The van der Waals surface area contributed by atoms with E-state index in [1.54, 1.807) is 55.5 Å². The highest BCUT2D eigenvalue weighted by Gasteiger charge is 2.27. The van der Waals surface area contributed by atoms with Crippen molar-refractivity contribution in [3.63, 3.8) is 0 Å². The molecule has 30 heavy (non-hydrogen) atoms. The van der Waals surface area contributed by atoms with Gasteiger partial charge in [0.1, 0.15) is 23.4 Å². The number of nitrogens with one attached hydrogen (secondary N) is 1. The Bertz CT molecular complexity index is 809. The number of hydrogen-bond acceptors (Lipinski definition) is 4. The van der Waals surface area contributed by atoms with Crippen LogP contribution in [0.3, 0.4) is 0 Å². The third-order valence-electron chi connectivity index (χ3n) is 4.76. The Morgan fingerprint density at radius 3 is 2.27 bits per heavy atom. The number of carbonyl (C=O) groups is 2. The SMILES string of the molecule is CC[C@H](C(=O)NC)N(Cc1ccc(F)cc1)C(=O)CCCOc1ccc(OC)cc1. The van der Waals surface area contributed by atoms with E-state index in [-0.39, 0.29) is 30.6 Å². The normalized spacial score (nSPS) is 11.5. The van der Waals surface area contributed by atoms with Crippen molar-refractivity contribution in [3.8, 4) is 11.5 Å². The summed E-state index contributed by atoms with van der Waals surface area (Å²) in [5.41, 5.74) is 0.765. The van der Waals surface area contributed by atoms with Gasteiger partial charge in [0.05, 0.1) is 13.7 Å². The average molecular weight is 416 g/mol. The molecule has 0 bridgehead atoms. The largest absolute Gasteiger partial charge is 0.497 e. The van der Waals surface area contributed by atoms with Crippen LogP contribution in [-0.2, 0) is 16.1 Å².